The fourth-order valence-corrected chi connectivity index (χ4v) is 31.9. The van der Waals surface area contributed by atoms with Crippen LogP contribution in [0.15, 0.2) is 31.4 Å². The maximum atomic E-state index is 2.63. The van der Waals surface area contributed by atoms with Crippen molar-refractivity contribution in [2.75, 3.05) is 0 Å². The van der Waals surface area contributed by atoms with E-state index in [1.54, 1.807) is 11.1 Å². The van der Waals surface area contributed by atoms with Crippen LogP contribution < -0.4 is 0 Å². The minimum atomic E-state index is -1.97. The molecule has 0 heterocycles. The Kier molecular flexibility index (Phi) is 3.45. The fraction of sp³-hybridized carbons (Fsp3) is 0.529. The Balaban J connectivity index is 2.22. The molecule has 0 aliphatic heterocycles. The van der Waals surface area contributed by atoms with Gasteiger partial charge in [0, 0.05) is 0 Å². The molecule has 19 heavy (non-hydrogen) atoms. The van der Waals surface area contributed by atoms with E-state index in [0.29, 0.717) is 0 Å². The SMILES string of the molecule is [CH3][Sn]([CH3])([CH3])[C]1=[C]([Sn]([CH3])([CH3])[CH3])C2CC1c1ccccc12. The third-order valence-corrected chi connectivity index (χ3v) is 19.6. The molecular formula is C17H26Sn2. The van der Waals surface area contributed by atoms with Crippen molar-refractivity contribution in [3.8, 4) is 0 Å². The van der Waals surface area contributed by atoms with Gasteiger partial charge in [-0.3, -0.25) is 0 Å². The summed E-state index contributed by atoms with van der Waals surface area (Å²) < 4.78 is 4.06. The van der Waals surface area contributed by atoms with Crippen LogP contribution in [0.3, 0.4) is 0 Å². The number of hydrogen-bond donors (Lipinski definition) is 0. The van der Waals surface area contributed by atoms with E-state index in [1.165, 1.54) is 6.42 Å². The summed E-state index contributed by atoms with van der Waals surface area (Å²) in [4.78, 5) is 15.8. The molecule has 0 saturated heterocycles. The molecule has 0 N–H and O–H groups in total. The molecule has 3 rings (SSSR count). The van der Waals surface area contributed by atoms with Crippen molar-refractivity contribution in [2.24, 2.45) is 0 Å². The van der Waals surface area contributed by atoms with E-state index in [0.717, 1.165) is 11.8 Å². The first-order valence-electron chi connectivity index (χ1n) is 7.55. The first kappa shape index (κ1) is 14.5. The van der Waals surface area contributed by atoms with E-state index in [-0.39, 0.29) is 0 Å². The zero-order chi connectivity index (χ0) is 14.0. The van der Waals surface area contributed by atoms with Gasteiger partial charge in [0.2, 0.25) is 0 Å². The van der Waals surface area contributed by atoms with Gasteiger partial charge in [-0.1, -0.05) is 0 Å². The van der Waals surface area contributed by atoms with Crippen molar-refractivity contribution in [2.45, 2.75) is 47.9 Å². The Hall–Kier alpha value is 0.557. The van der Waals surface area contributed by atoms with Crippen molar-refractivity contribution in [3.05, 3.63) is 42.6 Å². The predicted octanol–water partition coefficient (Wildman–Crippen LogP) is 5.32. The fourth-order valence-electron chi connectivity index (χ4n) is 4.41. The summed E-state index contributed by atoms with van der Waals surface area (Å²) in [7, 11) is 0. The predicted molar refractivity (Wildman–Crippen MR) is 90.3 cm³/mol. The minimum absolute atomic E-state index is 0.822. The summed E-state index contributed by atoms with van der Waals surface area (Å²) in [5.74, 6) is 1.64. The summed E-state index contributed by atoms with van der Waals surface area (Å²) in [5.41, 5.74) is 3.38. The van der Waals surface area contributed by atoms with Crippen molar-refractivity contribution < 1.29 is 0 Å². The van der Waals surface area contributed by atoms with Crippen molar-refractivity contribution in [1.29, 1.82) is 0 Å². The summed E-state index contributed by atoms with van der Waals surface area (Å²) in [6.07, 6.45) is 1.42. The van der Waals surface area contributed by atoms with Crippen LogP contribution in [0.4, 0.5) is 0 Å². The molecule has 1 aromatic carbocycles. The third kappa shape index (κ3) is 2.25. The van der Waals surface area contributed by atoms with Crippen LogP contribution in [0, 0.1) is 0 Å². The topological polar surface area (TPSA) is 0 Å². The summed E-state index contributed by atoms with van der Waals surface area (Å²) >= 11 is -3.94. The summed E-state index contributed by atoms with van der Waals surface area (Å²) in [6.45, 7) is 0. The van der Waals surface area contributed by atoms with Gasteiger partial charge in [0.05, 0.1) is 0 Å². The molecule has 0 amide bonds. The van der Waals surface area contributed by atoms with Gasteiger partial charge in [-0.15, -0.1) is 0 Å². The first-order chi connectivity index (χ1) is 8.71. The van der Waals surface area contributed by atoms with Crippen LogP contribution in [0.5, 0.6) is 0 Å². The van der Waals surface area contributed by atoms with Crippen LogP contribution in [-0.4, -0.2) is 36.8 Å². The maximum absolute atomic E-state index is 2.63. The third-order valence-electron chi connectivity index (χ3n) is 4.82. The molecule has 0 aromatic heterocycles. The van der Waals surface area contributed by atoms with Crippen molar-refractivity contribution in [1.82, 2.24) is 0 Å². The van der Waals surface area contributed by atoms with E-state index in [9.17, 15) is 0 Å². The van der Waals surface area contributed by atoms with E-state index < -0.39 is 36.8 Å². The van der Waals surface area contributed by atoms with E-state index >= 15 is 0 Å². The van der Waals surface area contributed by atoms with Gasteiger partial charge in [0.1, 0.15) is 0 Å². The van der Waals surface area contributed by atoms with Gasteiger partial charge in [-0.05, 0) is 0 Å². The zero-order valence-corrected chi connectivity index (χ0v) is 18.9. The van der Waals surface area contributed by atoms with Crippen LogP contribution in [0.2, 0.25) is 29.6 Å². The molecular weight excluding hydrogens is 442 g/mol. The van der Waals surface area contributed by atoms with Gasteiger partial charge in [0.15, 0.2) is 0 Å². The van der Waals surface area contributed by atoms with E-state index in [2.05, 4.69) is 53.9 Å². The Morgan fingerprint density at radius 3 is 1.42 bits per heavy atom. The molecule has 2 bridgehead atoms. The normalized spacial score (nSPS) is 26.0. The number of allylic oxidation sites excluding steroid dienone is 2. The number of benzene rings is 1. The first-order valence-corrected chi connectivity index (χ1v) is 27.5. The summed E-state index contributed by atoms with van der Waals surface area (Å²) in [6, 6.07) is 9.31. The Morgan fingerprint density at radius 2 is 1.11 bits per heavy atom. The number of fused-ring (bicyclic) bond motifs is 5. The number of rotatable bonds is 2. The molecule has 2 aliphatic rings. The Bertz CT molecular complexity index is 506. The molecule has 2 unspecified atom stereocenters. The number of hydrogen-bond acceptors (Lipinski definition) is 0. The Labute approximate surface area is 126 Å². The van der Waals surface area contributed by atoms with Crippen LogP contribution >= 0.6 is 0 Å². The van der Waals surface area contributed by atoms with Gasteiger partial charge >= 0.3 is 127 Å². The molecule has 2 heteroatoms. The average molecular weight is 468 g/mol. The molecule has 0 nitrogen and oxygen atoms in total. The van der Waals surface area contributed by atoms with E-state index in [4.69, 9.17) is 0 Å². The molecule has 0 saturated carbocycles. The molecule has 0 fully saturated rings. The molecule has 0 radical (unpaired) electrons. The standard InChI is InChI=1S/C11H8.6CH3.2Sn/c1-2-4-11-9-6-5-8(7-9)10(11)3-1;;;;;;;;/h1-4,8-9H,7H2;6*1H3;;. The van der Waals surface area contributed by atoms with Crippen molar-refractivity contribution >= 4 is 36.8 Å². The van der Waals surface area contributed by atoms with Gasteiger partial charge in [-0.2, -0.15) is 0 Å². The molecule has 1 aromatic rings. The van der Waals surface area contributed by atoms with Crippen LogP contribution in [0.1, 0.15) is 29.4 Å². The second-order valence-corrected chi connectivity index (χ2v) is 37.1. The Morgan fingerprint density at radius 1 is 0.737 bits per heavy atom. The molecule has 0 spiro atoms. The van der Waals surface area contributed by atoms with Gasteiger partial charge in [0.25, 0.3) is 0 Å². The van der Waals surface area contributed by atoms with Crippen LogP contribution in [-0.2, 0) is 0 Å². The second-order valence-electron chi connectivity index (χ2n) is 8.30. The van der Waals surface area contributed by atoms with Gasteiger partial charge < -0.3 is 0 Å². The quantitative estimate of drug-likeness (QED) is 0.516. The monoisotopic (exact) mass is 470 g/mol. The molecule has 2 atom stereocenters. The van der Waals surface area contributed by atoms with Gasteiger partial charge in [-0.25, -0.2) is 0 Å². The second kappa shape index (κ2) is 4.52. The molecule has 102 valence electrons. The summed E-state index contributed by atoms with van der Waals surface area (Å²) in [5, 5.41) is 0. The zero-order valence-electron chi connectivity index (χ0n) is 13.2. The average Bonchev–Trinajstić information content (AvgIpc) is 2.83. The van der Waals surface area contributed by atoms with Crippen molar-refractivity contribution in [3.63, 3.8) is 0 Å². The van der Waals surface area contributed by atoms with Crippen LogP contribution in [0.25, 0.3) is 0 Å². The molecule has 2 aliphatic carbocycles. The van der Waals surface area contributed by atoms with E-state index in [1.807, 2.05) is 7.18 Å².